The van der Waals surface area contributed by atoms with Crippen LogP contribution >= 0.6 is 0 Å². The fraction of sp³-hybridized carbons (Fsp3) is 0.556. The van der Waals surface area contributed by atoms with Gasteiger partial charge in [0.15, 0.2) is 0 Å². The number of alkyl halides is 3. The van der Waals surface area contributed by atoms with Crippen LogP contribution in [0.2, 0.25) is 0 Å². The van der Waals surface area contributed by atoms with Crippen molar-refractivity contribution in [1.29, 1.82) is 0 Å². The minimum absolute atomic E-state index is 0.224. The molecule has 0 aliphatic carbocycles. The number of rotatable bonds is 6. The van der Waals surface area contributed by atoms with Crippen molar-refractivity contribution in [1.82, 2.24) is 3.71 Å². The standard InChI is InChI=1S/C9H12F3NO7S2/c1-4-20-8(15)6(7(14)9(10,11)12)5-13(21(2,16)17)22(3,18)19/h5H,4H2,1-3H3. The Hall–Kier alpha value is -1.63. The van der Waals surface area contributed by atoms with E-state index in [4.69, 9.17) is 0 Å². The third-order valence-corrected chi connectivity index (χ3v) is 5.03. The van der Waals surface area contributed by atoms with Gasteiger partial charge < -0.3 is 4.74 Å². The van der Waals surface area contributed by atoms with E-state index in [1.165, 1.54) is 6.92 Å². The lowest BCUT2D eigenvalue weighted by molar-refractivity contribution is -0.168. The molecule has 128 valence electrons. The van der Waals surface area contributed by atoms with E-state index in [2.05, 4.69) is 4.74 Å². The molecule has 0 radical (unpaired) electrons. The fourth-order valence-electron chi connectivity index (χ4n) is 1.11. The number of halogens is 3. The van der Waals surface area contributed by atoms with Gasteiger partial charge in [-0.25, -0.2) is 21.6 Å². The molecule has 0 unspecified atom stereocenters. The van der Waals surface area contributed by atoms with E-state index in [9.17, 15) is 39.6 Å². The highest BCUT2D eigenvalue weighted by Gasteiger charge is 2.44. The van der Waals surface area contributed by atoms with Gasteiger partial charge in [0.05, 0.1) is 25.3 Å². The SMILES string of the molecule is CCOC(=O)C(=CN(S(C)(=O)=O)S(C)(=O)=O)C(=O)C(F)(F)F. The number of hydrogen-bond acceptors (Lipinski definition) is 7. The van der Waals surface area contributed by atoms with Gasteiger partial charge in [0.1, 0.15) is 5.57 Å². The van der Waals surface area contributed by atoms with Crippen LogP contribution in [0.4, 0.5) is 13.2 Å². The summed E-state index contributed by atoms with van der Waals surface area (Å²) < 4.78 is 86.3. The first-order chi connectivity index (χ1) is 9.62. The smallest absolute Gasteiger partial charge is 0.455 e. The Kier molecular flexibility index (Phi) is 6.15. The first-order valence-corrected chi connectivity index (χ1v) is 9.02. The van der Waals surface area contributed by atoms with Gasteiger partial charge in [-0.1, -0.05) is 0 Å². The largest absolute Gasteiger partial charge is 0.462 e. The summed E-state index contributed by atoms with van der Waals surface area (Å²) in [6.45, 7) is 0.803. The van der Waals surface area contributed by atoms with E-state index in [0.717, 1.165) is 0 Å². The molecular weight excluding hydrogens is 355 g/mol. The van der Waals surface area contributed by atoms with Gasteiger partial charge in [-0.2, -0.15) is 16.9 Å². The summed E-state index contributed by atoms with van der Waals surface area (Å²) in [5.74, 6) is -4.54. The van der Waals surface area contributed by atoms with Crippen molar-refractivity contribution in [2.75, 3.05) is 19.1 Å². The van der Waals surface area contributed by atoms with Crippen molar-refractivity contribution in [2.24, 2.45) is 0 Å². The van der Waals surface area contributed by atoms with Crippen molar-refractivity contribution >= 4 is 31.8 Å². The zero-order valence-corrected chi connectivity index (χ0v) is 13.2. The molecule has 0 bridgehead atoms. The van der Waals surface area contributed by atoms with Crippen LogP contribution in [0, 0.1) is 0 Å². The lowest BCUT2D eigenvalue weighted by atomic mass is 10.2. The number of sulfonamides is 2. The number of carbonyl (C=O) groups excluding carboxylic acids is 2. The number of Topliss-reactive ketones (excluding diaryl/α,β-unsaturated/α-hetero) is 1. The van der Waals surface area contributed by atoms with E-state index < -0.39 is 53.9 Å². The summed E-state index contributed by atoms with van der Waals surface area (Å²) >= 11 is 0. The predicted octanol–water partition coefficient (Wildman–Crippen LogP) is -0.214. The molecule has 0 saturated heterocycles. The molecule has 0 aromatic rings. The number of ether oxygens (including phenoxy) is 1. The molecule has 0 N–H and O–H groups in total. The van der Waals surface area contributed by atoms with Gasteiger partial charge in [0, 0.05) is 0 Å². The first kappa shape index (κ1) is 20.4. The van der Waals surface area contributed by atoms with Crippen LogP contribution in [0.25, 0.3) is 0 Å². The van der Waals surface area contributed by atoms with Crippen LogP contribution in [-0.4, -0.2) is 57.6 Å². The molecule has 0 saturated carbocycles. The number of carbonyl (C=O) groups is 2. The van der Waals surface area contributed by atoms with E-state index in [1.54, 1.807) is 0 Å². The quantitative estimate of drug-likeness (QED) is 0.276. The number of esters is 1. The molecule has 8 nitrogen and oxygen atoms in total. The summed E-state index contributed by atoms with van der Waals surface area (Å²) in [4.78, 5) is 22.6. The zero-order chi connectivity index (χ0) is 17.9. The second kappa shape index (κ2) is 6.64. The second-order valence-electron chi connectivity index (χ2n) is 3.84. The second-order valence-corrected chi connectivity index (χ2v) is 7.79. The van der Waals surface area contributed by atoms with Crippen molar-refractivity contribution < 1.29 is 44.3 Å². The molecule has 0 aliphatic rings. The van der Waals surface area contributed by atoms with Crippen molar-refractivity contribution in [3.05, 3.63) is 11.8 Å². The van der Waals surface area contributed by atoms with E-state index >= 15 is 0 Å². The van der Waals surface area contributed by atoms with E-state index in [1.807, 2.05) is 0 Å². The summed E-state index contributed by atoms with van der Waals surface area (Å²) in [5.41, 5.74) is -1.77. The van der Waals surface area contributed by atoms with Crippen LogP contribution < -0.4 is 0 Å². The van der Waals surface area contributed by atoms with Crippen LogP contribution in [0.1, 0.15) is 6.92 Å². The van der Waals surface area contributed by atoms with Gasteiger partial charge in [0.2, 0.25) is 20.0 Å². The Morgan fingerprint density at radius 1 is 1.09 bits per heavy atom. The topological polar surface area (TPSA) is 115 Å². The summed E-state index contributed by atoms with van der Waals surface area (Å²) in [7, 11) is -9.21. The predicted molar refractivity (Wildman–Crippen MR) is 67.3 cm³/mol. The summed E-state index contributed by atoms with van der Waals surface area (Å²) in [6, 6.07) is 0. The maximum Gasteiger partial charge on any atom is 0.455 e. The van der Waals surface area contributed by atoms with Crippen LogP contribution in [-0.2, 0) is 34.4 Å². The molecule has 0 spiro atoms. The normalized spacial score (nSPS) is 13.6. The van der Waals surface area contributed by atoms with Gasteiger partial charge in [0.25, 0.3) is 5.78 Å². The minimum Gasteiger partial charge on any atom is -0.462 e. The monoisotopic (exact) mass is 367 g/mol. The molecule has 0 rings (SSSR count). The third kappa shape index (κ3) is 5.63. The summed E-state index contributed by atoms with van der Waals surface area (Å²) in [5, 5.41) is 0. The van der Waals surface area contributed by atoms with E-state index in [-0.39, 0.29) is 6.20 Å². The number of nitrogens with zero attached hydrogens (tertiary/aromatic N) is 1. The van der Waals surface area contributed by atoms with E-state index in [0.29, 0.717) is 12.5 Å². The lowest BCUT2D eigenvalue weighted by Crippen LogP contribution is -2.35. The Balaban J connectivity index is 6.29. The molecule has 13 heteroatoms. The van der Waals surface area contributed by atoms with Gasteiger partial charge in [-0.15, -0.1) is 0 Å². The molecule has 0 aliphatic heterocycles. The summed E-state index contributed by atoms with van der Waals surface area (Å²) in [6.07, 6.45) is -5.02. The minimum atomic E-state index is -5.53. The van der Waals surface area contributed by atoms with Gasteiger partial charge in [-0.05, 0) is 6.92 Å². The van der Waals surface area contributed by atoms with Crippen molar-refractivity contribution in [3.63, 3.8) is 0 Å². The molecule has 0 amide bonds. The highest BCUT2D eigenvalue weighted by Crippen LogP contribution is 2.23. The van der Waals surface area contributed by atoms with Gasteiger partial charge in [-0.3, -0.25) is 4.79 Å². The fourth-order valence-corrected chi connectivity index (χ4v) is 3.67. The van der Waals surface area contributed by atoms with Crippen LogP contribution in [0.5, 0.6) is 0 Å². The van der Waals surface area contributed by atoms with Crippen LogP contribution in [0.15, 0.2) is 11.8 Å². The first-order valence-electron chi connectivity index (χ1n) is 5.32. The molecule has 0 aromatic heterocycles. The highest BCUT2D eigenvalue weighted by atomic mass is 32.3. The third-order valence-electron chi connectivity index (χ3n) is 1.89. The maximum atomic E-state index is 12.4. The van der Waals surface area contributed by atoms with Crippen molar-refractivity contribution in [3.8, 4) is 0 Å². The number of hydrogen-bond donors (Lipinski definition) is 0. The maximum absolute atomic E-state index is 12.4. The number of ketones is 1. The van der Waals surface area contributed by atoms with Gasteiger partial charge >= 0.3 is 12.1 Å². The molecule has 0 atom stereocenters. The highest BCUT2D eigenvalue weighted by molar-refractivity contribution is 8.03. The lowest BCUT2D eigenvalue weighted by Gasteiger charge is -2.17. The Bertz CT molecular complexity index is 659. The van der Waals surface area contributed by atoms with Crippen LogP contribution in [0.3, 0.4) is 0 Å². The molecule has 22 heavy (non-hydrogen) atoms. The molecular formula is C9H12F3NO7S2. The molecule has 0 fully saturated rings. The van der Waals surface area contributed by atoms with Crippen molar-refractivity contribution in [2.45, 2.75) is 13.1 Å². The molecule has 0 aromatic carbocycles. The average molecular weight is 367 g/mol. The Labute approximate surface area is 124 Å². The Morgan fingerprint density at radius 3 is 1.77 bits per heavy atom. The average Bonchev–Trinajstić information content (AvgIpc) is 2.24. The Morgan fingerprint density at radius 2 is 1.50 bits per heavy atom. The zero-order valence-electron chi connectivity index (χ0n) is 11.5. The molecule has 0 heterocycles.